The molecule has 0 radical (unpaired) electrons. The molecule has 0 unspecified atom stereocenters. The SMILES string of the molecule is Cc1nc(Nc2ccccn2)cc([C@H]2CCCN(S(C)(=O)=O)C2)n1. The largest absolute Gasteiger partial charge is 0.325 e. The number of hydrogen-bond acceptors (Lipinski definition) is 6. The Bertz CT molecular complexity index is 810. The molecule has 1 fully saturated rings. The molecular formula is C16H21N5O2S. The molecule has 7 nitrogen and oxygen atoms in total. The zero-order valence-corrected chi connectivity index (χ0v) is 14.6. The van der Waals surface area contributed by atoms with Crippen LogP contribution in [0.25, 0.3) is 0 Å². The van der Waals surface area contributed by atoms with Gasteiger partial charge in [0.2, 0.25) is 10.0 Å². The van der Waals surface area contributed by atoms with Gasteiger partial charge < -0.3 is 5.32 Å². The molecule has 0 aliphatic carbocycles. The van der Waals surface area contributed by atoms with Crippen LogP contribution in [0.2, 0.25) is 0 Å². The van der Waals surface area contributed by atoms with Crippen LogP contribution in [0.4, 0.5) is 11.6 Å². The average Bonchev–Trinajstić information content (AvgIpc) is 2.54. The third-order valence-electron chi connectivity index (χ3n) is 4.05. The first-order chi connectivity index (χ1) is 11.4. The second-order valence-electron chi connectivity index (χ2n) is 6.03. The Morgan fingerprint density at radius 1 is 1.25 bits per heavy atom. The van der Waals surface area contributed by atoms with E-state index in [1.165, 1.54) is 10.6 Å². The quantitative estimate of drug-likeness (QED) is 0.911. The number of aromatic nitrogens is 3. The summed E-state index contributed by atoms with van der Waals surface area (Å²) in [6, 6.07) is 7.50. The highest BCUT2D eigenvalue weighted by Gasteiger charge is 2.28. The van der Waals surface area contributed by atoms with Crippen LogP contribution in [0, 0.1) is 6.92 Å². The molecule has 24 heavy (non-hydrogen) atoms. The molecular weight excluding hydrogens is 326 g/mol. The Labute approximate surface area is 142 Å². The highest BCUT2D eigenvalue weighted by Crippen LogP contribution is 2.28. The van der Waals surface area contributed by atoms with Crippen LogP contribution in [0.3, 0.4) is 0 Å². The first kappa shape index (κ1) is 16.8. The van der Waals surface area contributed by atoms with Crippen LogP contribution in [0.5, 0.6) is 0 Å². The van der Waals surface area contributed by atoms with Crippen molar-refractivity contribution in [3.05, 3.63) is 42.0 Å². The minimum Gasteiger partial charge on any atom is -0.325 e. The summed E-state index contributed by atoms with van der Waals surface area (Å²) in [6.45, 7) is 2.89. The van der Waals surface area contributed by atoms with Gasteiger partial charge in [0.15, 0.2) is 0 Å². The number of nitrogens with one attached hydrogen (secondary N) is 1. The Hall–Kier alpha value is -2.06. The molecule has 0 bridgehead atoms. The van der Waals surface area contributed by atoms with E-state index >= 15 is 0 Å². The second kappa shape index (κ2) is 6.82. The first-order valence-corrected chi connectivity index (χ1v) is 9.75. The van der Waals surface area contributed by atoms with Crippen LogP contribution >= 0.6 is 0 Å². The van der Waals surface area contributed by atoms with Gasteiger partial charge in [0.05, 0.1) is 11.9 Å². The number of aryl methyl sites for hydroxylation is 1. The van der Waals surface area contributed by atoms with Gasteiger partial charge in [-0.05, 0) is 31.9 Å². The average molecular weight is 347 g/mol. The first-order valence-electron chi connectivity index (χ1n) is 7.90. The monoisotopic (exact) mass is 347 g/mol. The number of piperidine rings is 1. The van der Waals surface area contributed by atoms with Crippen molar-refractivity contribution < 1.29 is 8.42 Å². The maximum Gasteiger partial charge on any atom is 0.211 e. The third kappa shape index (κ3) is 4.07. The molecule has 3 rings (SSSR count). The van der Waals surface area contributed by atoms with Crippen molar-refractivity contribution in [2.45, 2.75) is 25.7 Å². The molecule has 1 saturated heterocycles. The van der Waals surface area contributed by atoms with E-state index in [0.717, 1.165) is 18.5 Å². The summed E-state index contributed by atoms with van der Waals surface area (Å²) in [5.41, 5.74) is 0.870. The molecule has 2 aromatic rings. The Kier molecular flexibility index (Phi) is 4.77. The van der Waals surface area contributed by atoms with Crippen molar-refractivity contribution in [2.75, 3.05) is 24.7 Å². The van der Waals surface area contributed by atoms with Crippen molar-refractivity contribution >= 4 is 21.7 Å². The van der Waals surface area contributed by atoms with Crippen molar-refractivity contribution in [3.63, 3.8) is 0 Å². The van der Waals surface area contributed by atoms with Crippen LogP contribution in [0.15, 0.2) is 30.5 Å². The highest BCUT2D eigenvalue weighted by atomic mass is 32.2. The minimum absolute atomic E-state index is 0.0828. The fraction of sp³-hybridized carbons (Fsp3) is 0.438. The van der Waals surface area contributed by atoms with Gasteiger partial charge in [-0.15, -0.1) is 0 Å². The molecule has 0 amide bonds. The fourth-order valence-electron chi connectivity index (χ4n) is 2.92. The molecule has 8 heteroatoms. The lowest BCUT2D eigenvalue weighted by atomic mass is 9.96. The van der Waals surface area contributed by atoms with Gasteiger partial charge in [-0.3, -0.25) is 0 Å². The molecule has 1 aliphatic heterocycles. The van der Waals surface area contributed by atoms with E-state index in [0.29, 0.717) is 30.5 Å². The van der Waals surface area contributed by atoms with Gasteiger partial charge in [-0.2, -0.15) is 0 Å². The van der Waals surface area contributed by atoms with E-state index in [1.54, 1.807) is 6.20 Å². The topological polar surface area (TPSA) is 88.1 Å². The molecule has 128 valence electrons. The summed E-state index contributed by atoms with van der Waals surface area (Å²) in [7, 11) is -3.17. The smallest absolute Gasteiger partial charge is 0.211 e. The van der Waals surface area contributed by atoms with Crippen LogP contribution < -0.4 is 5.32 Å². The number of hydrogen-bond donors (Lipinski definition) is 1. The van der Waals surface area contributed by atoms with E-state index in [1.807, 2.05) is 31.2 Å². The molecule has 1 atom stereocenters. The highest BCUT2D eigenvalue weighted by molar-refractivity contribution is 7.88. The lowest BCUT2D eigenvalue weighted by molar-refractivity contribution is 0.314. The number of pyridine rings is 1. The summed E-state index contributed by atoms with van der Waals surface area (Å²) < 4.78 is 25.2. The Balaban J connectivity index is 1.83. The summed E-state index contributed by atoms with van der Waals surface area (Å²) in [4.78, 5) is 13.2. The lowest BCUT2D eigenvalue weighted by Crippen LogP contribution is -2.38. The molecule has 0 aromatic carbocycles. The van der Waals surface area contributed by atoms with Crippen LogP contribution in [-0.2, 0) is 10.0 Å². The molecule has 0 spiro atoms. The normalized spacial score (nSPS) is 19.2. The summed E-state index contributed by atoms with van der Waals surface area (Å²) >= 11 is 0. The van der Waals surface area contributed by atoms with Crippen LogP contribution in [0.1, 0.15) is 30.3 Å². The number of nitrogens with zero attached hydrogens (tertiary/aromatic N) is 4. The third-order valence-corrected chi connectivity index (χ3v) is 5.32. The van der Waals surface area contributed by atoms with Gasteiger partial charge in [0, 0.05) is 31.3 Å². The minimum atomic E-state index is -3.17. The zero-order chi connectivity index (χ0) is 17.2. The van der Waals surface area contributed by atoms with Crippen molar-refractivity contribution in [2.24, 2.45) is 0 Å². The fourth-order valence-corrected chi connectivity index (χ4v) is 3.83. The van der Waals surface area contributed by atoms with Crippen molar-refractivity contribution in [3.8, 4) is 0 Å². The summed E-state index contributed by atoms with van der Waals surface area (Å²) in [6.07, 6.45) is 4.73. The number of sulfonamides is 1. The van der Waals surface area contributed by atoms with E-state index < -0.39 is 10.0 Å². The summed E-state index contributed by atoms with van der Waals surface area (Å²) in [5.74, 6) is 2.12. The molecule has 0 saturated carbocycles. The predicted octanol–water partition coefficient (Wildman–Crippen LogP) is 2.06. The van der Waals surface area contributed by atoms with Crippen molar-refractivity contribution in [1.29, 1.82) is 0 Å². The number of rotatable bonds is 4. The van der Waals surface area contributed by atoms with Gasteiger partial charge >= 0.3 is 0 Å². The van der Waals surface area contributed by atoms with Crippen LogP contribution in [-0.4, -0.2) is 47.0 Å². The Morgan fingerprint density at radius 3 is 2.79 bits per heavy atom. The molecule has 1 aliphatic rings. The number of anilines is 2. The van der Waals surface area contributed by atoms with Gasteiger partial charge in [0.25, 0.3) is 0 Å². The van der Waals surface area contributed by atoms with E-state index in [9.17, 15) is 8.42 Å². The Morgan fingerprint density at radius 2 is 2.08 bits per heavy atom. The zero-order valence-electron chi connectivity index (χ0n) is 13.8. The maximum atomic E-state index is 11.8. The van der Waals surface area contributed by atoms with E-state index in [-0.39, 0.29) is 5.92 Å². The second-order valence-corrected chi connectivity index (χ2v) is 8.01. The maximum absolute atomic E-state index is 11.8. The van der Waals surface area contributed by atoms with Gasteiger partial charge in [-0.1, -0.05) is 6.07 Å². The van der Waals surface area contributed by atoms with Gasteiger partial charge in [0.1, 0.15) is 17.5 Å². The molecule has 3 heterocycles. The van der Waals surface area contributed by atoms with Gasteiger partial charge in [-0.25, -0.2) is 27.7 Å². The molecule has 2 aromatic heterocycles. The molecule has 1 N–H and O–H groups in total. The summed E-state index contributed by atoms with van der Waals surface area (Å²) in [5, 5.41) is 3.17. The van der Waals surface area contributed by atoms with E-state index in [4.69, 9.17) is 0 Å². The lowest BCUT2D eigenvalue weighted by Gasteiger charge is -2.30. The standard InChI is InChI=1S/C16H21N5O2S/c1-12-18-14(13-6-5-9-21(11-13)24(2,22)23)10-16(19-12)20-15-7-3-4-8-17-15/h3-4,7-8,10,13H,5-6,9,11H2,1-2H3,(H,17,18,19,20)/t13-/m0/s1. The predicted molar refractivity (Wildman–Crippen MR) is 92.7 cm³/mol. The van der Waals surface area contributed by atoms with E-state index in [2.05, 4.69) is 20.3 Å². The van der Waals surface area contributed by atoms with Crippen molar-refractivity contribution in [1.82, 2.24) is 19.3 Å².